The van der Waals surface area contributed by atoms with Crippen LogP contribution in [0.2, 0.25) is 0 Å². The van der Waals surface area contributed by atoms with Crippen molar-refractivity contribution in [2.45, 2.75) is 6.67 Å². The van der Waals surface area contributed by atoms with Crippen LogP contribution in [0.1, 0.15) is 0 Å². The third kappa shape index (κ3) is 1.39. The second-order valence-corrected chi connectivity index (χ2v) is 3.37. The monoisotopic (exact) mass is 192 g/mol. The highest BCUT2D eigenvalue weighted by atomic mass is 15.2. The van der Waals surface area contributed by atoms with Crippen molar-refractivity contribution in [1.82, 2.24) is 24.4 Å². The van der Waals surface area contributed by atoms with Crippen molar-refractivity contribution in [1.29, 1.82) is 0 Å². The molecule has 74 valence electrons. The largest absolute Gasteiger partial charge is 0.382 e. The van der Waals surface area contributed by atoms with Crippen LogP contribution in [0.4, 0.5) is 5.82 Å². The molecular weight excluding hydrogens is 180 g/mol. The van der Waals surface area contributed by atoms with Crippen LogP contribution < -0.4 is 5.73 Å². The number of nitrogens with zero attached hydrogens (tertiary/aromatic N) is 5. The zero-order valence-electron chi connectivity index (χ0n) is 8.18. The molecule has 0 aliphatic heterocycles. The number of nitrogen functional groups attached to an aromatic ring is 1. The molecule has 0 aliphatic carbocycles. The van der Waals surface area contributed by atoms with E-state index in [1.165, 1.54) is 6.33 Å². The fourth-order valence-electron chi connectivity index (χ4n) is 1.31. The number of rotatable bonds is 2. The molecule has 2 N–H and O–H groups in total. The summed E-state index contributed by atoms with van der Waals surface area (Å²) in [6.45, 7) is 0.729. The van der Waals surface area contributed by atoms with Crippen molar-refractivity contribution in [3.8, 4) is 0 Å². The van der Waals surface area contributed by atoms with Crippen molar-refractivity contribution in [2.75, 3.05) is 19.8 Å². The van der Waals surface area contributed by atoms with Gasteiger partial charge in [-0.3, -0.25) is 4.90 Å². The average molecular weight is 192 g/mol. The SMILES string of the molecule is CN(C)Cn1cnc2c(N)ncnc21. The second kappa shape index (κ2) is 3.22. The Morgan fingerprint density at radius 1 is 1.36 bits per heavy atom. The Bertz CT molecular complexity index is 446. The minimum Gasteiger partial charge on any atom is -0.382 e. The van der Waals surface area contributed by atoms with E-state index in [4.69, 9.17) is 5.73 Å². The van der Waals surface area contributed by atoms with Gasteiger partial charge in [0.25, 0.3) is 0 Å². The Balaban J connectivity index is 2.52. The number of hydrogen-bond acceptors (Lipinski definition) is 5. The van der Waals surface area contributed by atoms with Gasteiger partial charge < -0.3 is 10.3 Å². The second-order valence-electron chi connectivity index (χ2n) is 3.37. The molecule has 0 fully saturated rings. The smallest absolute Gasteiger partial charge is 0.166 e. The standard InChI is InChI=1S/C8H12N6/c1-13(2)5-14-4-12-6-7(9)10-3-11-8(6)14/h3-4H,5H2,1-2H3,(H2,9,10,11). The van der Waals surface area contributed by atoms with Crippen LogP contribution in [-0.4, -0.2) is 38.5 Å². The molecule has 2 aromatic heterocycles. The summed E-state index contributed by atoms with van der Waals surface area (Å²) in [5, 5.41) is 0. The molecule has 0 saturated carbocycles. The summed E-state index contributed by atoms with van der Waals surface area (Å²) >= 11 is 0. The van der Waals surface area contributed by atoms with Crippen LogP contribution >= 0.6 is 0 Å². The quantitative estimate of drug-likeness (QED) is 0.721. The van der Waals surface area contributed by atoms with Gasteiger partial charge in [-0.1, -0.05) is 0 Å². The van der Waals surface area contributed by atoms with Gasteiger partial charge in [0.2, 0.25) is 0 Å². The lowest BCUT2D eigenvalue weighted by molar-refractivity contribution is 0.330. The molecule has 0 spiro atoms. The maximum atomic E-state index is 5.66. The highest BCUT2D eigenvalue weighted by Gasteiger charge is 2.07. The topological polar surface area (TPSA) is 72.9 Å². The fourth-order valence-corrected chi connectivity index (χ4v) is 1.31. The van der Waals surface area contributed by atoms with Gasteiger partial charge >= 0.3 is 0 Å². The Hall–Kier alpha value is -1.69. The molecular formula is C8H12N6. The Labute approximate surface area is 81.4 Å². The van der Waals surface area contributed by atoms with Gasteiger partial charge in [0.1, 0.15) is 11.8 Å². The molecule has 0 aromatic carbocycles. The molecule has 0 atom stereocenters. The lowest BCUT2D eigenvalue weighted by atomic mass is 10.5. The van der Waals surface area contributed by atoms with Gasteiger partial charge in [0.05, 0.1) is 13.0 Å². The molecule has 0 aliphatic rings. The predicted molar refractivity (Wildman–Crippen MR) is 53.4 cm³/mol. The fraction of sp³-hybridized carbons (Fsp3) is 0.375. The molecule has 0 amide bonds. The highest BCUT2D eigenvalue weighted by Crippen LogP contribution is 2.13. The van der Waals surface area contributed by atoms with E-state index in [1.807, 2.05) is 23.6 Å². The van der Waals surface area contributed by atoms with Crippen LogP contribution in [0, 0.1) is 0 Å². The summed E-state index contributed by atoms with van der Waals surface area (Å²) in [5.41, 5.74) is 7.09. The van der Waals surface area contributed by atoms with E-state index in [0.717, 1.165) is 12.3 Å². The molecule has 0 bridgehead atoms. The summed E-state index contributed by atoms with van der Waals surface area (Å²) in [4.78, 5) is 14.2. The Morgan fingerprint density at radius 3 is 2.86 bits per heavy atom. The number of aromatic nitrogens is 4. The lowest BCUT2D eigenvalue weighted by Crippen LogP contribution is -2.16. The maximum absolute atomic E-state index is 5.66. The number of fused-ring (bicyclic) bond motifs is 1. The van der Waals surface area contributed by atoms with E-state index >= 15 is 0 Å². The van der Waals surface area contributed by atoms with Gasteiger partial charge in [-0.25, -0.2) is 15.0 Å². The van der Waals surface area contributed by atoms with E-state index < -0.39 is 0 Å². The van der Waals surface area contributed by atoms with Crippen LogP contribution in [0.3, 0.4) is 0 Å². The summed E-state index contributed by atoms with van der Waals surface area (Å²) < 4.78 is 1.92. The van der Waals surface area contributed by atoms with Crippen LogP contribution in [0.5, 0.6) is 0 Å². The van der Waals surface area contributed by atoms with Crippen molar-refractivity contribution >= 4 is 17.0 Å². The minimum absolute atomic E-state index is 0.424. The van der Waals surface area contributed by atoms with Crippen molar-refractivity contribution in [3.05, 3.63) is 12.7 Å². The molecule has 2 heterocycles. The van der Waals surface area contributed by atoms with E-state index in [0.29, 0.717) is 11.3 Å². The average Bonchev–Trinajstić information content (AvgIpc) is 2.49. The Morgan fingerprint density at radius 2 is 2.14 bits per heavy atom. The van der Waals surface area contributed by atoms with E-state index in [1.54, 1.807) is 6.33 Å². The molecule has 14 heavy (non-hydrogen) atoms. The number of imidazole rings is 1. The number of anilines is 1. The normalized spacial score (nSPS) is 11.4. The van der Waals surface area contributed by atoms with Crippen LogP contribution in [-0.2, 0) is 6.67 Å². The molecule has 0 radical (unpaired) electrons. The molecule has 6 heteroatoms. The van der Waals surface area contributed by atoms with E-state index in [2.05, 4.69) is 15.0 Å². The van der Waals surface area contributed by atoms with Crippen molar-refractivity contribution in [2.24, 2.45) is 0 Å². The molecule has 6 nitrogen and oxygen atoms in total. The summed E-state index contributed by atoms with van der Waals surface area (Å²) in [6, 6.07) is 0. The summed E-state index contributed by atoms with van der Waals surface area (Å²) in [7, 11) is 3.97. The van der Waals surface area contributed by atoms with Gasteiger partial charge in [0, 0.05) is 0 Å². The Kier molecular flexibility index (Phi) is 2.05. The number of nitrogens with two attached hydrogens (primary N) is 1. The maximum Gasteiger partial charge on any atom is 0.166 e. The van der Waals surface area contributed by atoms with Crippen LogP contribution in [0.15, 0.2) is 12.7 Å². The minimum atomic E-state index is 0.424. The summed E-state index contributed by atoms with van der Waals surface area (Å²) in [6.07, 6.45) is 3.17. The first-order valence-corrected chi connectivity index (χ1v) is 4.24. The first kappa shape index (κ1) is 8.89. The molecule has 2 aromatic rings. The third-order valence-electron chi connectivity index (χ3n) is 1.86. The van der Waals surface area contributed by atoms with Crippen LogP contribution in [0.25, 0.3) is 11.2 Å². The first-order chi connectivity index (χ1) is 6.68. The van der Waals surface area contributed by atoms with E-state index in [9.17, 15) is 0 Å². The van der Waals surface area contributed by atoms with Gasteiger partial charge in [-0.05, 0) is 14.1 Å². The first-order valence-electron chi connectivity index (χ1n) is 4.24. The number of hydrogen-bond donors (Lipinski definition) is 1. The molecule has 0 saturated heterocycles. The van der Waals surface area contributed by atoms with Gasteiger partial charge in [-0.15, -0.1) is 0 Å². The lowest BCUT2D eigenvalue weighted by Gasteiger charge is -2.10. The van der Waals surface area contributed by atoms with Crippen molar-refractivity contribution in [3.63, 3.8) is 0 Å². The molecule has 2 rings (SSSR count). The van der Waals surface area contributed by atoms with Gasteiger partial charge in [-0.2, -0.15) is 0 Å². The zero-order valence-corrected chi connectivity index (χ0v) is 8.18. The zero-order chi connectivity index (χ0) is 10.1. The highest BCUT2D eigenvalue weighted by molar-refractivity contribution is 5.80. The molecule has 0 unspecified atom stereocenters. The van der Waals surface area contributed by atoms with Gasteiger partial charge in [0.15, 0.2) is 11.5 Å². The van der Waals surface area contributed by atoms with E-state index in [-0.39, 0.29) is 0 Å². The summed E-state index contributed by atoms with van der Waals surface area (Å²) in [5.74, 6) is 0.424. The third-order valence-corrected chi connectivity index (χ3v) is 1.86. The predicted octanol–water partition coefficient (Wildman–Crippen LogP) is -0.0724. The van der Waals surface area contributed by atoms with Crippen molar-refractivity contribution < 1.29 is 0 Å².